The van der Waals surface area contributed by atoms with Gasteiger partial charge in [0.15, 0.2) is 5.69 Å². The van der Waals surface area contributed by atoms with Gasteiger partial charge in [-0.05, 0) is 53.5 Å². The van der Waals surface area contributed by atoms with Gasteiger partial charge in [-0.2, -0.15) is 0 Å². The van der Waals surface area contributed by atoms with E-state index >= 15 is 0 Å². The van der Waals surface area contributed by atoms with Crippen LogP contribution in [-0.2, 0) is 0 Å². The van der Waals surface area contributed by atoms with E-state index in [0.29, 0.717) is 17.0 Å². The molecule has 2 aromatic carbocycles. The van der Waals surface area contributed by atoms with E-state index < -0.39 is 0 Å². The van der Waals surface area contributed by atoms with Gasteiger partial charge in [0.2, 0.25) is 5.82 Å². The van der Waals surface area contributed by atoms with Crippen LogP contribution < -0.4 is 10.1 Å². The molecule has 122 valence electrons. The van der Waals surface area contributed by atoms with Crippen molar-refractivity contribution in [3.63, 3.8) is 0 Å². The van der Waals surface area contributed by atoms with Gasteiger partial charge >= 0.3 is 0 Å². The van der Waals surface area contributed by atoms with Crippen LogP contribution in [0.4, 0.5) is 5.82 Å². The second-order valence-electron chi connectivity index (χ2n) is 5.41. The first-order valence-corrected chi connectivity index (χ1v) is 7.44. The Balaban J connectivity index is 1.91. The van der Waals surface area contributed by atoms with Crippen molar-refractivity contribution in [2.45, 2.75) is 13.8 Å². The second kappa shape index (κ2) is 6.54. The number of hydrogen-bond acceptors (Lipinski definition) is 5. The third-order valence-corrected chi connectivity index (χ3v) is 3.85. The Hall–Kier alpha value is -3.15. The Bertz CT molecular complexity index is 887. The third-order valence-electron chi connectivity index (χ3n) is 3.85. The normalized spacial score (nSPS) is 10.5. The zero-order valence-electron chi connectivity index (χ0n) is 13.7. The Morgan fingerprint density at radius 2 is 1.88 bits per heavy atom. The average molecular weight is 323 g/mol. The van der Waals surface area contributed by atoms with Crippen molar-refractivity contribution in [3.8, 4) is 17.0 Å². The fourth-order valence-corrected chi connectivity index (χ4v) is 2.36. The minimum Gasteiger partial charge on any atom is -0.496 e. The number of ether oxygens (including phenoxy) is 1. The quantitative estimate of drug-likeness (QED) is 0.793. The minimum absolute atomic E-state index is 0.272. The SMILES string of the molecule is COc1ccccc1C(=O)Nc1nonc1-c1ccc(C)c(C)c1. The maximum atomic E-state index is 12.5. The number of carbonyl (C=O) groups is 1. The number of para-hydroxylation sites is 1. The van der Waals surface area contributed by atoms with Crippen LogP contribution in [-0.4, -0.2) is 23.3 Å². The molecule has 6 nitrogen and oxygen atoms in total. The Labute approximate surface area is 139 Å². The molecule has 1 heterocycles. The number of methoxy groups -OCH3 is 1. The molecule has 0 unspecified atom stereocenters. The lowest BCUT2D eigenvalue weighted by atomic mass is 10.0. The van der Waals surface area contributed by atoms with Gasteiger partial charge in [0.25, 0.3) is 5.91 Å². The molecule has 0 fully saturated rings. The summed E-state index contributed by atoms with van der Waals surface area (Å²) in [7, 11) is 1.52. The van der Waals surface area contributed by atoms with Gasteiger partial charge < -0.3 is 10.1 Å². The van der Waals surface area contributed by atoms with Gasteiger partial charge in [-0.1, -0.05) is 24.3 Å². The van der Waals surface area contributed by atoms with Gasteiger partial charge in [0, 0.05) is 5.56 Å². The number of amides is 1. The van der Waals surface area contributed by atoms with Crippen molar-refractivity contribution in [1.29, 1.82) is 0 Å². The molecule has 3 rings (SSSR count). The third kappa shape index (κ3) is 2.99. The standard InChI is InChI=1S/C18H17N3O3/c1-11-8-9-13(10-12(11)2)16-17(21-24-20-16)19-18(22)14-6-4-5-7-15(14)23-3/h4-10H,1-3H3,(H,19,21,22). The molecule has 1 amide bonds. The van der Waals surface area contributed by atoms with Crippen molar-refractivity contribution in [3.05, 3.63) is 59.2 Å². The van der Waals surface area contributed by atoms with Gasteiger partial charge in [-0.25, -0.2) is 4.63 Å². The molecule has 1 N–H and O–H groups in total. The van der Waals surface area contributed by atoms with Crippen molar-refractivity contribution in [1.82, 2.24) is 10.3 Å². The maximum absolute atomic E-state index is 12.5. The summed E-state index contributed by atoms with van der Waals surface area (Å²) < 4.78 is 10.0. The fraction of sp³-hybridized carbons (Fsp3) is 0.167. The van der Waals surface area contributed by atoms with Crippen LogP contribution in [0, 0.1) is 13.8 Å². The molecule has 0 aliphatic rings. The summed E-state index contributed by atoms with van der Waals surface area (Å²) in [6, 6.07) is 12.9. The monoisotopic (exact) mass is 323 g/mol. The zero-order valence-corrected chi connectivity index (χ0v) is 13.7. The van der Waals surface area contributed by atoms with Crippen LogP contribution in [0.1, 0.15) is 21.5 Å². The zero-order chi connectivity index (χ0) is 17.1. The summed E-state index contributed by atoms with van der Waals surface area (Å²) >= 11 is 0. The summed E-state index contributed by atoms with van der Waals surface area (Å²) in [5, 5.41) is 10.4. The van der Waals surface area contributed by atoms with Gasteiger partial charge in [0.1, 0.15) is 5.75 Å². The number of rotatable bonds is 4. The molecule has 24 heavy (non-hydrogen) atoms. The number of nitrogens with zero attached hydrogens (tertiary/aromatic N) is 2. The number of hydrogen-bond donors (Lipinski definition) is 1. The van der Waals surface area contributed by atoms with Crippen molar-refractivity contribution in [2.75, 3.05) is 12.4 Å². The molecule has 3 aromatic rings. The van der Waals surface area contributed by atoms with E-state index in [1.165, 1.54) is 12.7 Å². The molecule has 0 aliphatic heterocycles. The van der Waals surface area contributed by atoms with E-state index in [9.17, 15) is 4.79 Å². The van der Waals surface area contributed by atoms with Crippen molar-refractivity contribution >= 4 is 11.7 Å². The van der Waals surface area contributed by atoms with E-state index in [4.69, 9.17) is 9.37 Å². The van der Waals surface area contributed by atoms with Crippen LogP contribution >= 0.6 is 0 Å². The summed E-state index contributed by atoms with van der Waals surface area (Å²) in [4.78, 5) is 12.5. The van der Waals surface area contributed by atoms with E-state index in [2.05, 4.69) is 15.6 Å². The molecule has 0 radical (unpaired) electrons. The summed E-state index contributed by atoms with van der Waals surface area (Å²) in [6.45, 7) is 4.05. The number of anilines is 1. The van der Waals surface area contributed by atoms with E-state index in [1.807, 2.05) is 32.0 Å². The van der Waals surface area contributed by atoms with Crippen molar-refractivity contribution < 1.29 is 14.2 Å². The number of aryl methyl sites for hydroxylation is 2. The van der Waals surface area contributed by atoms with Crippen LogP contribution in [0.2, 0.25) is 0 Å². The van der Waals surface area contributed by atoms with Gasteiger partial charge in [-0.15, -0.1) is 0 Å². The van der Waals surface area contributed by atoms with Crippen LogP contribution in [0.5, 0.6) is 5.75 Å². The topological polar surface area (TPSA) is 77.2 Å². The number of nitrogens with one attached hydrogen (secondary N) is 1. The largest absolute Gasteiger partial charge is 0.496 e. The van der Waals surface area contributed by atoms with Crippen LogP contribution in [0.25, 0.3) is 11.3 Å². The first-order chi connectivity index (χ1) is 11.6. The smallest absolute Gasteiger partial charge is 0.260 e. The van der Waals surface area contributed by atoms with Gasteiger partial charge in [-0.3, -0.25) is 4.79 Å². The lowest BCUT2D eigenvalue weighted by Gasteiger charge is -2.08. The number of benzene rings is 2. The first kappa shape index (κ1) is 15.7. The van der Waals surface area contributed by atoms with Crippen molar-refractivity contribution in [2.24, 2.45) is 0 Å². The predicted molar refractivity (Wildman–Crippen MR) is 90.2 cm³/mol. The highest BCUT2D eigenvalue weighted by molar-refractivity contribution is 6.07. The Morgan fingerprint density at radius 1 is 1.08 bits per heavy atom. The van der Waals surface area contributed by atoms with E-state index in [1.54, 1.807) is 24.3 Å². The lowest BCUT2D eigenvalue weighted by molar-refractivity contribution is 0.102. The van der Waals surface area contributed by atoms with Gasteiger partial charge in [0.05, 0.1) is 12.7 Å². The molecule has 6 heteroatoms. The Kier molecular flexibility index (Phi) is 4.29. The minimum atomic E-state index is -0.340. The van der Waals surface area contributed by atoms with E-state index in [-0.39, 0.29) is 11.7 Å². The van der Waals surface area contributed by atoms with Crippen LogP contribution in [0.15, 0.2) is 47.1 Å². The average Bonchev–Trinajstić information content (AvgIpc) is 3.05. The molecule has 0 atom stereocenters. The molecule has 0 aliphatic carbocycles. The maximum Gasteiger partial charge on any atom is 0.260 e. The molecular formula is C18H17N3O3. The fourth-order valence-electron chi connectivity index (χ4n) is 2.36. The summed E-state index contributed by atoms with van der Waals surface area (Å²) in [5.74, 6) is 0.418. The number of carbonyl (C=O) groups excluding carboxylic acids is 1. The second-order valence-corrected chi connectivity index (χ2v) is 5.41. The molecule has 1 aromatic heterocycles. The predicted octanol–water partition coefficient (Wildman–Crippen LogP) is 3.61. The highest BCUT2D eigenvalue weighted by Crippen LogP contribution is 2.27. The van der Waals surface area contributed by atoms with E-state index in [0.717, 1.165) is 11.1 Å². The molecule has 0 saturated carbocycles. The molecule has 0 saturated heterocycles. The summed E-state index contributed by atoms with van der Waals surface area (Å²) in [6.07, 6.45) is 0. The molecular weight excluding hydrogens is 306 g/mol. The Morgan fingerprint density at radius 3 is 2.62 bits per heavy atom. The summed E-state index contributed by atoms with van der Waals surface area (Å²) in [5.41, 5.74) is 4.03. The lowest BCUT2D eigenvalue weighted by Crippen LogP contribution is -2.14. The van der Waals surface area contributed by atoms with Crippen LogP contribution in [0.3, 0.4) is 0 Å². The first-order valence-electron chi connectivity index (χ1n) is 7.44. The highest BCUT2D eigenvalue weighted by Gasteiger charge is 2.18. The number of aromatic nitrogens is 2. The molecule has 0 bridgehead atoms. The highest BCUT2D eigenvalue weighted by atomic mass is 16.6. The molecule has 0 spiro atoms.